The zero-order chi connectivity index (χ0) is 34.7. The second-order valence-corrected chi connectivity index (χ2v) is 21.8. The van der Waals surface area contributed by atoms with E-state index in [9.17, 15) is 0 Å². The van der Waals surface area contributed by atoms with Gasteiger partial charge in [0, 0.05) is 27.7 Å². The summed E-state index contributed by atoms with van der Waals surface area (Å²) in [6, 6.07) is 17.2. The molecule has 0 unspecified atom stereocenters. The third-order valence-electron chi connectivity index (χ3n) is 10.4. The standard InChI is InChI=1S/C42H47BrN4Si.Zn/c1-24(2)48(25(3)4,26(5)6)15-14-30-18-32-21-39-42(10,11)23-33(46-39)20-37-34(43)22-38(47-37)41(40-28(8)16-27(7)17-29(40)9)35-13-12-31(44-35)19-36(30)45-32;/h12-13,16-22,24-26H,23H2,1-11H3;/q-2;+2. The normalized spacial score (nSPS) is 14.1. The molecule has 5 heterocycles. The van der Waals surface area contributed by atoms with Crippen LogP contribution >= 0.6 is 15.9 Å². The van der Waals surface area contributed by atoms with Crippen LogP contribution in [0.15, 0.2) is 53.0 Å². The van der Waals surface area contributed by atoms with Crippen LogP contribution < -0.4 is 9.97 Å². The molecular weight excluding hydrogens is 734 g/mol. The predicted octanol–water partition coefficient (Wildman–Crippen LogP) is 11.2. The molecular formula is C42H47BrN4SiZn. The van der Waals surface area contributed by atoms with Crippen LogP contribution in [0.3, 0.4) is 0 Å². The fourth-order valence-electron chi connectivity index (χ4n) is 8.18. The van der Waals surface area contributed by atoms with E-state index < -0.39 is 8.07 Å². The van der Waals surface area contributed by atoms with Crippen LogP contribution in [0.2, 0.25) is 16.6 Å². The van der Waals surface area contributed by atoms with Crippen molar-refractivity contribution in [1.82, 2.24) is 19.9 Å². The Balaban J connectivity index is 0.00000468. The maximum absolute atomic E-state index is 5.22. The van der Waals surface area contributed by atoms with Crippen molar-refractivity contribution in [2.45, 2.75) is 105 Å². The molecule has 0 aliphatic carbocycles. The van der Waals surface area contributed by atoms with Gasteiger partial charge in [0.05, 0.1) is 17.0 Å². The van der Waals surface area contributed by atoms with Gasteiger partial charge in [-0.05, 0) is 77.9 Å². The van der Waals surface area contributed by atoms with Crippen LogP contribution in [0.25, 0.3) is 44.8 Å². The number of hydrogen-bond donors (Lipinski definition) is 0. The van der Waals surface area contributed by atoms with Gasteiger partial charge in [-0.15, -0.1) is 27.6 Å². The van der Waals surface area contributed by atoms with E-state index in [2.05, 4.69) is 158 Å². The van der Waals surface area contributed by atoms with Crippen LogP contribution in [0.5, 0.6) is 0 Å². The maximum atomic E-state index is 5.22. The molecule has 2 aliphatic rings. The number of halogens is 1. The smallest absolute Gasteiger partial charge is 0.657 e. The summed E-state index contributed by atoms with van der Waals surface area (Å²) in [6.45, 7) is 25.2. The van der Waals surface area contributed by atoms with Crippen molar-refractivity contribution in [3.8, 4) is 22.6 Å². The molecule has 2 aliphatic heterocycles. The van der Waals surface area contributed by atoms with Gasteiger partial charge in [0.15, 0.2) is 0 Å². The Morgan fingerprint density at radius 3 is 2.06 bits per heavy atom. The molecule has 0 saturated carbocycles. The van der Waals surface area contributed by atoms with E-state index in [4.69, 9.17) is 19.9 Å². The monoisotopic (exact) mass is 778 g/mol. The Labute approximate surface area is 315 Å². The molecule has 8 bridgehead atoms. The molecule has 0 atom stereocenters. The van der Waals surface area contributed by atoms with Crippen LogP contribution in [0.4, 0.5) is 0 Å². The quantitative estimate of drug-likeness (QED) is 0.153. The van der Waals surface area contributed by atoms with E-state index >= 15 is 0 Å². The first-order valence-electron chi connectivity index (χ1n) is 17.2. The topological polar surface area (TPSA) is 54.0 Å². The number of rotatable bonds is 4. The van der Waals surface area contributed by atoms with Gasteiger partial charge >= 0.3 is 19.5 Å². The third-order valence-corrected chi connectivity index (χ3v) is 17.3. The molecule has 0 radical (unpaired) electrons. The molecule has 4 aromatic rings. The van der Waals surface area contributed by atoms with Gasteiger partial charge < -0.3 is 9.97 Å². The first kappa shape index (κ1) is 37.2. The molecule has 0 amide bonds. The van der Waals surface area contributed by atoms with Gasteiger partial charge in [-0.25, -0.2) is 4.98 Å². The summed E-state index contributed by atoms with van der Waals surface area (Å²) >= 11 is 3.83. The number of nitrogens with zero attached hydrogens (tertiary/aromatic N) is 4. The Morgan fingerprint density at radius 1 is 0.776 bits per heavy atom. The fourth-order valence-corrected chi connectivity index (χ4v) is 13.8. The zero-order valence-electron chi connectivity index (χ0n) is 31.0. The maximum Gasteiger partial charge on any atom is 2.00 e. The molecule has 0 spiro atoms. The van der Waals surface area contributed by atoms with Crippen molar-refractivity contribution < 1.29 is 19.5 Å². The summed E-state index contributed by atoms with van der Waals surface area (Å²) < 4.78 is 0.951. The molecule has 49 heavy (non-hydrogen) atoms. The van der Waals surface area contributed by atoms with E-state index in [-0.39, 0.29) is 24.9 Å². The predicted molar refractivity (Wildman–Crippen MR) is 210 cm³/mol. The average molecular weight is 781 g/mol. The summed E-state index contributed by atoms with van der Waals surface area (Å²) in [5, 5.41) is 0. The van der Waals surface area contributed by atoms with Crippen molar-refractivity contribution in [1.29, 1.82) is 0 Å². The second-order valence-electron chi connectivity index (χ2n) is 15.4. The molecule has 0 saturated heterocycles. The minimum absolute atomic E-state index is 0. The molecule has 248 valence electrons. The van der Waals surface area contributed by atoms with E-state index in [1.807, 2.05) is 0 Å². The van der Waals surface area contributed by atoms with Gasteiger partial charge in [0.1, 0.15) is 8.07 Å². The first-order valence-corrected chi connectivity index (χ1v) is 20.2. The summed E-state index contributed by atoms with van der Waals surface area (Å²) in [7, 11) is -1.95. The summed E-state index contributed by atoms with van der Waals surface area (Å²) in [5.74, 6) is 3.71. The Kier molecular flexibility index (Phi) is 10.6. The molecule has 3 aromatic heterocycles. The Hall–Kier alpha value is -3.04. The number of hydrogen-bond acceptors (Lipinski definition) is 2. The third kappa shape index (κ3) is 6.99. The fraction of sp³-hybridized carbons (Fsp3) is 0.381. The van der Waals surface area contributed by atoms with Gasteiger partial charge in [0.25, 0.3) is 0 Å². The van der Waals surface area contributed by atoms with Crippen LogP contribution in [0.1, 0.15) is 94.9 Å². The van der Waals surface area contributed by atoms with Gasteiger partial charge in [-0.2, -0.15) is 0 Å². The molecule has 0 N–H and O–H groups in total. The average Bonchev–Trinajstić information content (AvgIpc) is 3.73. The molecule has 1 aromatic carbocycles. The first-order chi connectivity index (χ1) is 22.6. The largest absolute Gasteiger partial charge is 2.00 e. The van der Waals surface area contributed by atoms with Crippen molar-refractivity contribution in [3.63, 3.8) is 0 Å². The number of allylic oxidation sites excluding steroid dienone is 1. The zero-order valence-corrected chi connectivity index (χ0v) is 36.6. The number of aromatic nitrogens is 4. The number of fused-ring (bicyclic) bond motifs is 8. The van der Waals surface area contributed by atoms with E-state index in [0.717, 1.165) is 66.9 Å². The van der Waals surface area contributed by atoms with Crippen LogP contribution in [-0.2, 0) is 31.3 Å². The Morgan fingerprint density at radius 2 is 1.43 bits per heavy atom. The van der Waals surface area contributed by atoms with Gasteiger partial charge in [-0.3, -0.25) is 4.98 Å². The SMILES string of the molecule is Cc1cc(C)c(-c2c3ccc(cc4nc(cc5nc(cc6[n-]c2cc6Br)CC5(C)C)C=C4C#C[Si](C(C)C)(C(C)C)C(C)C)[n-]3)c(C)c1.[Zn+2]. The summed E-state index contributed by atoms with van der Waals surface area (Å²) in [6.07, 6.45) is 2.98. The molecule has 0 fully saturated rings. The van der Waals surface area contributed by atoms with E-state index in [1.165, 1.54) is 22.3 Å². The minimum Gasteiger partial charge on any atom is -0.657 e. The van der Waals surface area contributed by atoms with Crippen molar-refractivity contribution in [2.24, 2.45) is 0 Å². The van der Waals surface area contributed by atoms with Crippen LogP contribution in [0, 0.1) is 32.2 Å². The molecule has 7 heteroatoms. The summed E-state index contributed by atoms with van der Waals surface area (Å²) in [4.78, 5) is 20.7. The van der Waals surface area contributed by atoms with Gasteiger partial charge in [-0.1, -0.05) is 119 Å². The number of benzene rings is 1. The molecule has 6 rings (SSSR count). The minimum atomic E-state index is -1.95. The van der Waals surface area contributed by atoms with Crippen molar-refractivity contribution in [3.05, 3.63) is 92.5 Å². The van der Waals surface area contributed by atoms with E-state index in [1.54, 1.807) is 0 Å². The van der Waals surface area contributed by atoms with E-state index in [0.29, 0.717) is 16.6 Å². The molecule has 4 nitrogen and oxygen atoms in total. The van der Waals surface area contributed by atoms with Crippen molar-refractivity contribution >= 4 is 57.7 Å². The van der Waals surface area contributed by atoms with Crippen molar-refractivity contribution in [2.75, 3.05) is 0 Å². The number of aryl methyl sites for hydroxylation is 3. The second kappa shape index (κ2) is 13.9. The van der Waals surface area contributed by atoms with Gasteiger partial charge in [0.2, 0.25) is 0 Å². The van der Waals surface area contributed by atoms with Crippen LogP contribution in [-0.4, -0.2) is 18.0 Å². The Bertz CT molecular complexity index is 2140. The summed E-state index contributed by atoms with van der Waals surface area (Å²) in [5.41, 5.74) is 19.6.